The standard InChI is InChI=1S/C13H15NO5S2/c15-9-2-1-7(5-10(9)16)12-14(11(17)3-4-20)8(6-21-12)13(18)19/h1-2,5,8,12,15-16,20H,3-4,6H2,(H,18,19)/t8-,12?/m0/s1. The Morgan fingerprint density at radius 1 is 1.33 bits per heavy atom. The van der Waals surface area contributed by atoms with E-state index in [1.54, 1.807) is 6.07 Å². The average Bonchev–Trinajstić information content (AvgIpc) is 2.87. The van der Waals surface area contributed by atoms with Gasteiger partial charge in [0.25, 0.3) is 0 Å². The van der Waals surface area contributed by atoms with Crippen LogP contribution in [0.2, 0.25) is 0 Å². The monoisotopic (exact) mass is 329 g/mol. The van der Waals surface area contributed by atoms with Gasteiger partial charge in [-0.25, -0.2) is 4.79 Å². The van der Waals surface area contributed by atoms with Crippen LogP contribution in [0.25, 0.3) is 0 Å². The molecule has 1 fully saturated rings. The van der Waals surface area contributed by atoms with Crippen LogP contribution < -0.4 is 0 Å². The molecule has 3 N–H and O–H groups in total. The van der Waals surface area contributed by atoms with Crippen LogP contribution in [0.15, 0.2) is 18.2 Å². The largest absolute Gasteiger partial charge is 0.504 e. The summed E-state index contributed by atoms with van der Waals surface area (Å²) in [4.78, 5) is 24.8. The van der Waals surface area contributed by atoms with Gasteiger partial charge in [0, 0.05) is 12.2 Å². The van der Waals surface area contributed by atoms with Crippen molar-refractivity contribution in [1.82, 2.24) is 4.90 Å². The molecule has 1 saturated heterocycles. The molecule has 0 bridgehead atoms. The van der Waals surface area contributed by atoms with Crippen molar-refractivity contribution in [2.75, 3.05) is 11.5 Å². The van der Waals surface area contributed by atoms with Crippen molar-refractivity contribution < 1.29 is 24.9 Å². The number of amides is 1. The SMILES string of the molecule is O=C(O)[C@@H]1CSC(c2ccc(O)c(O)c2)N1C(=O)CCS. The first kappa shape index (κ1) is 15.8. The highest BCUT2D eigenvalue weighted by Crippen LogP contribution is 2.43. The Labute approximate surface area is 131 Å². The number of phenolic OH excluding ortho intramolecular Hbond substituents is 2. The van der Waals surface area contributed by atoms with Crippen molar-refractivity contribution in [2.24, 2.45) is 0 Å². The highest BCUT2D eigenvalue weighted by atomic mass is 32.2. The fraction of sp³-hybridized carbons (Fsp3) is 0.385. The number of benzene rings is 1. The van der Waals surface area contributed by atoms with Crippen LogP contribution in [-0.4, -0.2) is 49.6 Å². The lowest BCUT2D eigenvalue weighted by atomic mass is 10.1. The molecule has 0 spiro atoms. The first-order valence-electron chi connectivity index (χ1n) is 6.24. The van der Waals surface area contributed by atoms with E-state index in [4.69, 9.17) is 0 Å². The third-order valence-electron chi connectivity index (χ3n) is 3.18. The zero-order chi connectivity index (χ0) is 15.6. The molecule has 0 saturated carbocycles. The second-order valence-corrected chi connectivity index (χ2v) is 6.12. The van der Waals surface area contributed by atoms with Crippen LogP contribution in [0.4, 0.5) is 0 Å². The van der Waals surface area contributed by atoms with Gasteiger partial charge in [0.1, 0.15) is 11.4 Å². The van der Waals surface area contributed by atoms with Gasteiger partial charge in [-0.2, -0.15) is 12.6 Å². The summed E-state index contributed by atoms with van der Waals surface area (Å²) in [5.41, 5.74) is 0.576. The number of phenols is 2. The second kappa shape index (κ2) is 6.48. The molecule has 2 rings (SSSR count). The summed E-state index contributed by atoms with van der Waals surface area (Å²) in [5, 5.41) is 27.7. The number of aliphatic carboxylic acids is 1. The predicted molar refractivity (Wildman–Crippen MR) is 81.7 cm³/mol. The van der Waals surface area contributed by atoms with Crippen LogP contribution in [0.3, 0.4) is 0 Å². The van der Waals surface area contributed by atoms with Crippen molar-refractivity contribution in [3.63, 3.8) is 0 Å². The Hall–Kier alpha value is -1.54. The van der Waals surface area contributed by atoms with Gasteiger partial charge in [-0.3, -0.25) is 4.79 Å². The van der Waals surface area contributed by atoms with Crippen LogP contribution in [0.5, 0.6) is 11.5 Å². The van der Waals surface area contributed by atoms with Gasteiger partial charge in [-0.05, 0) is 23.4 Å². The molecular formula is C13H15NO5S2. The maximum absolute atomic E-state index is 12.2. The smallest absolute Gasteiger partial charge is 0.327 e. The van der Waals surface area contributed by atoms with Gasteiger partial charge < -0.3 is 20.2 Å². The minimum atomic E-state index is -1.06. The lowest BCUT2D eigenvalue weighted by Crippen LogP contribution is -2.43. The molecule has 1 heterocycles. The Bertz CT molecular complexity index is 565. The summed E-state index contributed by atoms with van der Waals surface area (Å²) in [6.45, 7) is 0. The van der Waals surface area contributed by atoms with Crippen molar-refractivity contribution in [2.45, 2.75) is 17.8 Å². The molecule has 1 unspecified atom stereocenters. The highest BCUT2D eigenvalue weighted by Gasteiger charge is 2.42. The summed E-state index contributed by atoms with van der Waals surface area (Å²) >= 11 is 5.32. The average molecular weight is 329 g/mol. The minimum Gasteiger partial charge on any atom is -0.504 e. The molecule has 114 valence electrons. The summed E-state index contributed by atoms with van der Waals surface area (Å²) < 4.78 is 0. The lowest BCUT2D eigenvalue weighted by Gasteiger charge is -2.27. The van der Waals surface area contributed by atoms with Crippen LogP contribution in [-0.2, 0) is 9.59 Å². The summed E-state index contributed by atoms with van der Waals surface area (Å²) in [5.74, 6) is -1.29. The van der Waals surface area contributed by atoms with Crippen molar-refractivity contribution in [3.8, 4) is 11.5 Å². The van der Waals surface area contributed by atoms with Crippen LogP contribution in [0.1, 0.15) is 17.4 Å². The van der Waals surface area contributed by atoms with Gasteiger partial charge >= 0.3 is 5.97 Å². The number of aromatic hydroxyl groups is 2. The van der Waals surface area contributed by atoms with Crippen LogP contribution >= 0.6 is 24.4 Å². The van der Waals surface area contributed by atoms with Gasteiger partial charge in [0.15, 0.2) is 11.5 Å². The predicted octanol–water partition coefficient (Wildman–Crippen LogP) is 1.44. The normalized spacial score (nSPS) is 21.5. The zero-order valence-corrected chi connectivity index (χ0v) is 12.7. The lowest BCUT2D eigenvalue weighted by molar-refractivity contribution is -0.149. The number of hydrogen-bond acceptors (Lipinski definition) is 6. The summed E-state index contributed by atoms with van der Waals surface area (Å²) in [7, 11) is 0. The molecule has 1 aromatic carbocycles. The molecule has 1 aromatic rings. The summed E-state index contributed by atoms with van der Waals surface area (Å²) in [6.07, 6.45) is 0.147. The molecule has 0 aromatic heterocycles. The Morgan fingerprint density at radius 3 is 2.62 bits per heavy atom. The Kier molecular flexibility index (Phi) is 4.89. The summed E-state index contributed by atoms with van der Waals surface area (Å²) in [6, 6.07) is 3.33. The van der Waals surface area contributed by atoms with E-state index < -0.39 is 17.4 Å². The minimum absolute atomic E-state index is 0.147. The first-order valence-corrected chi connectivity index (χ1v) is 7.92. The Morgan fingerprint density at radius 2 is 2.05 bits per heavy atom. The molecule has 0 radical (unpaired) electrons. The number of hydrogen-bond donors (Lipinski definition) is 4. The van der Waals surface area contributed by atoms with Crippen molar-refractivity contribution in [1.29, 1.82) is 0 Å². The van der Waals surface area contributed by atoms with Gasteiger partial charge in [-0.15, -0.1) is 11.8 Å². The molecular weight excluding hydrogens is 314 g/mol. The van der Waals surface area contributed by atoms with Gasteiger partial charge in [-0.1, -0.05) is 6.07 Å². The quantitative estimate of drug-likeness (QED) is 0.493. The van der Waals surface area contributed by atoms with E-state index in [0.29, 0.717) is 11.3 Å². The zero-order valence-electron chi connectivity index (χ0n) is 11.0. The van der Waals surface area contributed by atoms with Crippen LogP contribution in [0, 0.1) is 0 Å². The molecule has 8 heteroatoms. The van der Waals surface area contributed by atoms with E-state index in [1.807, 2.05) is 0 Å². The second-order valence-electron chi connectivity index (χ2n) is 4.56. The fourth-order valence-electron chi connectivity index (χ4n) is 2.18. The number of thiol groups is 1. The van der Waals surface area contributed by atoms with E-state index in [-0.39, 0.29) is 29.6 Å². The molecule has 1 amide bonds. The maximum Gasteiger partial charge on any atom is 0.327 e. The van der Waals surface area contributed by atoms with Gasteiger partial charge in [0.2, 0.25) is 5.91 Å². The topological polar surface area (TPSA) is 98.1 Å². The third kappa shape index (κ3) is 3.21. The molecule has 2 atom stereocenters. The van der Waals surface area contributed by atoms with E-state index in [0.717, 1.165) is 0 Å². The highest BCUT2D eigenvalue weighted by molar-refractivity contribution is 7.99. The van der Waals surface area contributed by atoms with E-state index in [9.17, 15) is 24.9 Å². The molecule has 6 nitrogen and oxygen atoms in total. The van der Waals surface area contributed by atoms with Crippen molar-refractivity contribution >= 4 is 36.3 Å². The van der Waals surface area contributed by atoms with Gasteiger partial charge in [0.05, 0.1) is 0 Å². The Balaban J connectivity index is 2.34. The fourth-order valence-corrected chi connectivity index (χ4v) is 3.80. The maximum atomic E-state index is 12.2. The van der Waals surface area contributed by atoms with E-state index in [2.05, 4.69) is 12.6 Å². The molecule has 21 heavy (non-hydrogen) atoms. The van der Waals surface area contributed by atoms with E-state index in [1.165, 1.54) is 28.8 Å². The van der Waals surface area contributed by atoms with Crippen molar-refractivity contribution in [3.05, 3.63) is 23.8 Å². The van der Waals surface area contributed by atoms with E-state index >= 15 is 0 Å². The molecule has 1 aliphatic rings. The number of rotatable bonds is 4. The number of carboxylic acids is 1. The number of carbonyl (C=O) groups is 2. The molecule has 1 aliphatic heterocycles. The first-order chi connectivity index (χ1) is 9.95. The number of carbonyl (C=O) groups excluding carboxylic acids is 1. The number of nitrogens with zero attached hydrogens (tertiary/aromatic N) is 1. The number of carboxylic acid groups (broad SMARTS) is 1. The number of thioether (sulfide) groups is 1. The molecule has 0 aliphatic carbocycles. The third-order valence-corrected chi connectivity index (χ3v) is 4.73.